The Labute approximate surface area is 192 Å². The number of hydrogen-bond donors (Lipinski definition) is 4. The standard InChI is InChI=1S/C23H30N8O2/c1-2-3-10-26-23(33)30-17-6-4-16(5-7-17)29-22(32)18-13-19(15-8-11-25-12-9-15)31-20(18)21(24)27-14-28-31/h8-9,11-14,16-17H,2-7,10H2,1H3,(H,29,32)(H2,24,27,28)(H2,26,30,33). The molecule has 1 saturated carbocycles. The van der Waals surface area contributed by atoms with Crippen LogP contribution in [0, 0.1) is 0 Å². The number of urea groups is 1. The molecule has 10 heteroatoms. The molecule has 0 saturated heterocycles. The molecule has 0 aromatic carbocycles. The van der Waals surface area contributed by atoms with E-state index in [0.29, 0.717) is 17.6 Å². The van der Waals surface area contributed by atoms with Gasteiger partial charge < -0.3 is 21.7 Å². The lowest BCUT2D eigenvalue weighted by Gasteiger charge is -2.29. The Morgan fingerprint density at radius 1 is 1.12 bits per heavy atom. The summed E-state index contributed by atoms with van der Waals surface area (Å²) in [6.07, 6.45) is 9.99. The minimum atomic E-state index is -0.206. The molecule has 0 unspecified atom stereocenters. The van der Waals surface area contributed by atoms with Crippen molar-refractivity contribution in [3.8, 4) is 11.3 Å². The quantitative estimate of drug-likeness (QED) is 0.408. The first kappa shape index (κ1) is 22.5. The van der Waals surface area contributed by atoms with Crippen molar-refractivity contribution in [1.29, 1.82) is 0 Å². The highest BCUT2D eigenvalue weighted by atomic mass is 16.2. The summed E-state index contributed by atoms with van der Waals surface area (Å²) in [5.41, 5.74) is 8.66. The van der Waals surface area contributed by atoms with Crippen molar-refractivity contribution in [3.63, 3.8) is 0 Å². The summed E-state index contributed by atoms with van der Waals surface area (Å²) >= 11 is 0. The van der Waals surface area contributed by atoms with E-state index in [1.807, 2.05) is 12.1 Å². The number of fused-ring (bicyclic) bond motifs is 1. The maximum atomic E-state index is 13.2. The lowest BCUT2D eigenvalue weighted by molar-refractivity contribution is 0.0926. The molecule has 1 fully saturated rings. The minimum absolute atomic E-state index is 0.0314. The van der Waals surface area contributed by atoms with Gasteiger partial charge in [0.25, 0.3) is 5.91 Å². The highest BCUT2D eigenvalue weighted by Crippen LogP contribution is 2.28. The molecule has 5 N–H and O–H groups in total. The van der Waals surface area contributed by atoms with Crippen LogP contribution in [-0.4, -0.2) is 50.1 Å². The molecule has 1 aliphatic rings. The maximum absolute atomic E-state index is 13.2. The highest BCUT2D eigenvalue weighted by molar-refractivity contribution is 6.05. The Hall–Kier alpha value is -3.69. The molecule has 3 aromatic rings. The van der Waals surface area contributed by atoms with Gasteiger partial charge in [0.1, 0.15) is 11.8 Å². The van der Waals surface area contributed by atoms with E-state index in [9.17, 15) is 9.59 Å². The molecule has 3 aromatic heterocycles. The summed E-state index contributed by atoms with van der Waals surface area (Å²) in [5.74, 6) is 0.0421. The van der Waals surface area contributed by atoms with Gasteiger partial charge in [-0.1, -0.05) is 13.3 Å². The number of carbonyl (C=O) groups excluding carboxylic acids is 2. The molecule has 0 aliphatic heterocycles. The van der Waals surface area contributed by atoms with Gasteiger partial charge in [-0.15, -0.1) is 0 Å². The first-order valence-electron chi connectivity index (χ1n) is 11.4. The van der Waals surface area contributed by atoms with Gasteiger partial charge in [0.15, 0.2) is 5.82 Å². The Kier molecular flexibility index (Phi) is 7.01. The summed E-state index contributed by atoms with van der Waals surface area (Å²) in [4.78, 5) is 33.3. The summed E-state index contributed by atoms with van der Waals surface area (Å²) < 4.78 is 1.64. The Morgan fingerprint density at radius 2 is 1.82 bits per heavy atom. The largest absolute Gasteiger partial charge is 0.382 e. The van der Waals surface area contributed by atoms with Gasteiger partial charge in [-0.25, -0.2) is 14.3 Å². The number of rotatable bonds is 7. The maximum Gasteiger partial charge on any atom is 0.315 e. The zero-order valence-electron chi connectivity index (χ0n) is 18.8. The van der Waals surface area contributed by atoms with Gasteiger partial charge in [0, 0.05) is 36.6 Å². The monoisotopic (exact) mass is 450 g/mol. The second kappa shape index (κ2) is 10.3. The van der Waals surface area contributed by atoms with Crippen molar-refractivity contribution in [3.05, 3.63) is 42.5 Å². The summed E-state index contributed by atoms with van der Waals surface area (Å²) in [6, 6.07) is 5.54. The Bertz CT molecular complexity index is 1110. The first-order valence-corrected chi connectivity index (χ1v) is 11.4. The van der Waals surface area contributed by atoms with Crippen LogP contribution in [0.3, 0.4) is 0 Å². The normalized spacial score (nSPS) is 18.1. The highest BCUT2D eigenvalue weighted by Gasteiger charge is 2.26. The van der Waals surface area contributed by atoms with E-state index in [4.69, 9.17) is 5.73 Å². The van der Waals surface area contributed by atoms with E-state index in [2.05, 4.69) is 37.9 Å². The van der Waals surface area contributed by atoms with Gasteiger partial charge >= 0.3 is 6.03 Å². The Balaban J connectivity index is 1.42. The number of anilines is 1. The zero-order chi connectivity index (χ0) is 23.2. The van der Waals surface area contributed by atoms with Gasteiger partial charge in [0.2, 0.25) is 0 Å². The van der Waals surface area contributed by atoms with E-state index in [0.717, 1.165) is 49.8 Å². The van der Waals surface area contributed by atoms with Gasteiger partial charge in [-0.05, 0) is 50.3 Å². The summed E-state index contributed by atoms with van der Waals surface area (Å²) in [5, 5.41) is 13.4. The molecule has 0 spiro atoms. The average molecular weight is 451 g/mol. The lowest BCUT2D eigenvalue weighted by atomic mass is 9.91. The van der Waals surface area contributed by atoms with Crippen LogP contribution >= 0.6 is 0 Å². The van der Waals surface area contributed by atoms with Crippen molar-refractivity contribution in [2.24, 2.45) is 0 Å². The first-order chi connectivity index (χ1) is 16.1. The number of pyridine rings is 1. The number of amides is 3. The van der Waals surface area contributed by atoms with Crippen LogP contribution in [0.5, 0.6) is 0 Å². The molecule has 1 aliphatic carbocycles. The smallest absolute Gasteiger partial charge is 0.315 e. The molecule has 33 heavy (non-hydrogen) atoms. The molecule has 3 heterocycles. The number of nitrogen functional groups attached to an aromatic ring is 1. The molecule has 4 rings (SSSR count). The zero-order valence-corrected chi connectivity index (χ0v) is 18.8. The van der Waals surface area contributed by atoms with Gasteiger partial charge in [-0.2, -0.15) is 5.10 Å². The third kappa shape index (κ3) is 5.21. The summed E-state index contributed by atoms with van der Waals surface area (Å²) in [6.45, 7) is 2.78. The number of nitrogens with one attached hydrogen (secondary N) is 3. The second-order valence-electron chi connectivity index (χ2n) is 8.36. The molecule has 10 nitrogen and oxygen atoms in total. The van der Waals surface area contributed by atoms with Crippen molar-refractivity contribution < 1.29 is 9.59 Å². The number of unbranched alkanes of at least 4 members (excludes halogenated alkanes) is 1. The van der Waals surface area contributed by atoms with Crippen LogP contribution in [0.25, 0.3) is 16.8 Å². The van der Waals surface area contributed by atoms with E-state index in [1.54, 1.807) is 23.0 Å². The van der Waals surface area contributed by atoms with E-state index in [1.165, 1.54) is 6.33 Å². The van der Waals surface area contributed by atoms with Crippen molar-refractivity contribution in [2.75, 3.05) is 12.3 Å². The number of carbonyl (C=O) groups is 2. The lowest BCUT2D eigenvalue weighted by Crippen LogP contribution is -2.46. The fourth-order valence-corrected chi connectivity index (χ4v) is 4.23. The van der Waals surface area contributed by atoms with Crippen molar-refractivity contribution >= 4 is 23.3 Å². The topological polar surface area (TPSA) is 139 Å². The average Bonchev–Trinajstić information content (AvgIpc) is 3.22. The third-order valence-electron chi connectivity index (χ3n) is 6.02. The number of hydrogen-bond acceptors (Lipinski definition) is 6. The third-order valence-corrected chi connectivity index (χ3v) is 6.02. The Morgan fingerprint density at radius 3 is 2.52 bits per heavy atom. The van der Waals surface area contributed by atoms with Crippen LogP contribution in [0.15, 0.2) is 36.9 Å². The SMILES string of the molecule is CCCCNC(=O)NC1CCC(NC(=O)c2cc(-c3ccncc3)n3ncnc(N)c23)CC1. The number of nitrogens with two attached hydrogens (primary N) is 1. The van der Waals surface area contributed by atoms with E-state index in [-0.39, 0.29) is 29.8 Å². The van der Waals surface area contributed by atoms with Crippen molar-refractivity contribution in [1.82, 2.24) is 35.5 Å². The van der Waals surface area contributed by atoms with Crippen LogP contribution in [0.1, 0.15) is 55.8 Å². The van der Waals surface area contributed by atoms with Gasteiger partial charge in [-0.3, -0.25) is 9.78 Å². The predicted molar refractivity (Wildman–Crippen MR) is 126 cm³/mol. The van der Waals surface area contributed by atoms with E-state index >= 15 is 0 Å². The molecule has 0 atom stereocenters. The van der Waals surface area contributed by atoms with E-state index < -0.39 is 0 Å². The minimum Gasteiger partial charge on any atom is -0.382 e. The molecule has 0 bridgehead atoms. The van der Waals surface area contributed by atoms with Crippen LogP contribution in [0.2, 0.25) is 0 Å². The molecule has 3 amide bonds. The fraction of sp³-hybridized carbons (Fsp3) is 0.435. The summed E-state index contributed by atoms with van der Waals surface area (Å²) in [7, 11) is 0. The molecule has 0 radical (unpaired) electrons. The predicted octanol–water partition coefficient (Wildman–Crippen LogP) is 2.51. The van der Waals surface area contributed by atoms with Crippen LogP contribution < -0.4 is 21.7 Å². The van der Waals surface area contributed by atoms with Crippen LogP contribution in [0.4, 0.5) is 10.6 Å². The number of aromatic nitrogens is 4. The molecular weight excluding hydrogens is 420 g/mol. The molecular formula is C23H30N8O2. The van der Waals surface area contributed by atoms with Gasteiger partial charge in [0.05, 0.1) is 11.3 Å². The van der Waals surface area contributed by atoms with Crippen LogP contribution in [-0.2, 0) is 0 Å². The second-order valence-corrected chi connectivity index (χ2v) is 8.36. The fourth-order valence-electron chi connectivity index (χ4n) is 4.23. The molecule has 174 valence electrons. The number of nitrogens with zero attached hydrogens (tertiary/aromatic N) is 4. The van der Waals surface area contributed by atoms with Crippen molar-refractivity contribution in [2.45, 2.75) is 57.5 Å².